The van der Waals surface area contributed by atoms with Gasteiger partial charge in [-0.2, -0.15) is 0 Å². The molecule has 0 spiro atoms. The van der Waals surface area contributed by atoms with Gasteiger partial charge < -0.3 is 0 Å². The van der Waals surface area contributed by atoms with E-state index in [0.717, 1.165) is 12.8 Å². The van der Waals surface area contributed by atoms with Crippen LogP contribution in [0.15, 0.2) is 60.7 Å². The van der Waals surface area contributed by atoms with Crippen LogP contribution in [-0.4, -0.2) is 23.6 Å². The number of amides is 4. The Kier molecular flexibility index (Phi) is 3.39. The maximum Gasteiger partial charge on any atom is 0.238 e. The van der Waals surface area contributed by atoms with Crippen molar-refractivity contribution in [3.8, 4) is 0 Å². The van der Waals surface area contributed by atoms with Gasteiger partial charge in [0.1, 0.15) is 0 Å². The molecular formula is C28H22N2O4. The summed E-state index contributed by atoms with van der Waals surface area (Å²) in [5, 5.41) is 1.42. The van der Waals surface area contributed by atoms with Crippen molar-refractivity contribution >= 4 is 45.8 Å². The van der Waals surface area contributed by atoms with Crippen LogP contribution in [0.3, 0.4) is 0 Å². The van der Waals surface area contributed by atoms with E-state index in [9.17, 15) is 19.2 Å². The molecule has 6 aliphatic rings. The van der Waals surface area contributed by atoms with E-state index in [1.54, 1.807) is 24.3 Å². The zero-order chi connectivity index (χ0) is 22.9. The van der Waals surface area contributed by atoms with Gasteiger partial charge in [-0.3, -0.25) is 19.2 Å². The normalized spacial score (nSPS) is 38.8. The second-order valence-corrected chi connectivity index (χ2v) is 10.7. The summed E-state index contributed by atoms with van der Waals surface area (Å²) in [5.74, 6) is -1.04. The SMILES string of the molecule is O=C1C2C3C=CC(C3)C2C(=O)N1c1cccc2c(N3C(=O)C4C5C=CC(C5)C4C3=O)cccc12. The Morgan fingerprint density at radius 3 is 1.15 bits per heavy atom. The first-order chi connectivity index (χ1) is 16.5. The Labute approximate surface area is 195 Å². The number of carbonyl (C=O) groups excluding carboxylic acids is 4. The van der Waals surface area contributed by atoms with Crippen LogP contribution in [0.2, 0.25) is 0 Å². The Morgan fingerprint density at radius 1 is 0.500 bits per heavy atom. The van der Waals surface area contributed by atoms with Gasteiger partial charge in [-0.25, -0.2) is 9.80 Å². The highest BCUT2D eigenvalue weighted by Crippen LogP contribution is 2.55. The van der Waals surface area contributed by atoms with Crippen LogP contribution in [0.5, 0.6) is 0 Å². The van der Waals surface area contributed by atoms with E-state index in [-0.39, 0.29) is 71.0 Å². The summed E-state index contributed by atoms with van der Waals surface area (Å²) in [6.45, 7) is 0. The number of hydrogen-bond donors (Lipinski definition) is 0. The molecule has 168 valence electrons. The van der Waals surface area contributed by atoms with Crippen LogP contribution >= 0.6 is 0 Å². The van der Waals surface area contributed by atoms with Gasteiger partial charge in [0.15, 0.2) is 0 Å². The lowest BCUT2D eigenvalue weighted by molar-refractivity contribution is -0.124. The Balaban J connectivity index is 1.24. The second kappa shape index (κ2) is 6.12. The van der Waals surface area contributed by atoms with Gasteiger partial charge in [-0.1, -0.05) is 48.6 Å². The third kappa shape index (κ3) is 2.04. The van der Waals surface area contributed by atoms with E-state index in [1.165, 1.54) is 9.80 Å². The number of benzene rings is 2. The Bertz CT molecular complexity index is 1260. The number of allylic oxidation sites excluding steroid dienone is 4. The lowest BCUT2D eigenvalue weighted by Crippen LogP contribution is -2.34. The molecule has 8 atom stereocenters. The summed E-state index contributed by atoms with van der Waals surface area (Å²) in [6.07, 6.45) is 10.1. The third-order valence-corrected chi connectivity index (χ3v) is 9.30. The summed E-state index contributed by atoms with van der Waals surface area (Å²) in [4.78, 5) is 56.5. The largest absolute Gasteiger partial charge is 0.274 e. The molecule has 2 aliphatic heterocycles. The van der Waals surface area contributed by atoms with Gasteiger partial charge in [0.2, 0.25) is 23.6 Å². The average Bonchev–Trinajstić information content (AvgIpc) is 3.67. The first kappa shape index (κ1) is 18.8. The quantitative estimate of drug-likeness (QED) is 0.519. The van der Waals surface area contributed by atoms with Gasteiger partial charge in [-0.05, 0) is 48.6 Å². The van der Waals surface area contributed by atoms with Crippen LogP contribution in [0.4, 0.5) is 11.4 Å². The standard InChI is InChI=1S/C28H22N2O4/c31-25-21-13-7-8-14(11-13)22(21)26(32)29(25)19-5-1-3-17-18(19)4-2-6-20(17)30-27(33)23-15-9-10-16(12-15)24(23)28(30)34/h1-10,13-16,21-24H,11-12H2. The molecular weight excluding hydrogens is 428 g/mol. The molecule has 2 saturated carbocycles. The van der Waals surface area contributed by atoms with Crippen molar-refractivity contribution in [2.75, 3.05) is 9.80 Å². The van der Waals surface area contributed by atoms with Crippen LogP contribution in [0, 0.1) is 47.3 Å². The predicted molar refractivity (Wildman–Crippen MR) is 124 cm³/mol. The molecule has 0 radical (unpaired) electrons. The molecule has 2 aromatic carbocycles. The molecule has 0 N–H and O–H groups in total. The van der Waals surface area contributed by atoms with Crippen LogP contribution in [-0.2, 0) is 19.2 Å². The highest BCUT2D eigenvalue weighted by Gasteiger charge is 2.61. The molecule has 6 nitrogen and oxygen atoms in total. The van der Waals surface area contributed by atoms with E-state index in [1.807, 2.05) is 12.1 Å². The predicted octanol–water partition coefficient (Wildman–Crippen LogP) is 3.46. The van der Waals surface area contributed by atoms with E-state index < -0.39 is 0 Å². The topological polar surface area (TPSA) is 74.8 Å². The number of carbonyl (C=O) groups is 4. The molecule has 6 heteroatoms. The summed E-state index contributed by atoms with van der Waals surface area (Å²) in [5.41, 5.74) is 1.09. The minimum Gasteiger partial charge on any atom is -0.274 e. The number of imide groups is 2. The number of fused-ring (bicyclic) bond motifs is 11. The van der Waals surface area contributed by atoms with E-state index >= 15 is 0 Å². The monoisotopic (exact) mass is 450 g/mol. The third-order valence-electron chi connectivity index (χ3n) is 9.30. The molecule has 2 heterocycles. The highest BCUT2D eigenvalue weighted by atomic mass is 16.2. The molecule has 4 fully saturated rings. The van der Waals surface area contributed by atoms with E-state index in [0.29, 0.717) is 22.1 Å². The Morgan fingerprint density at radius 2 is 0.824 bits per heavy atom. The smallest absolute Gasteiger partial charge is 0.238 e. The van der Waals surface area contributed by atoms with Crippen molar-refractivity contribution in [2.45, 2.75) is 12.8 Å². The van der Waals surface area contributed by atoms with Gasteiger partial charge in [-0.15, -0.1) is 0 Å². The lowest BCUT2D eigenvalue weighted by Gasteiger charge is -2.22. The van der Waals surface area contributed by atoms with E-state index in [4.69, 9.17) is 0 Å². The Hall–Kier alpha value is -3.54. The van der Waals surface area contributed by atoms with Crippen molar-refractivity contribution in [3.05, 3.63) is 60.7 Å². The van der Waals surface area contributed by atoms with Crippen LogP contribution in [0.25, 0.3) is 10.8 Å². The van der Waals surface area contributed by atoms with Crippen molar-refractivity contribution < 1.29 is 19.2 Å². The lowest BCUT2D eigenvalue weighted by atomic mass is 9.85. The summed E-state index contributed by atoms with van der Waals surface area (Å²) < 4.78 is 0. The molecule has 2 saturated heterocycles. The highest BCUT2D eigenvalue weighted by molar-refractivity contribution is 6.29. The van der Waals surface area contributed by atoms with Gasteiger partial charge in [0.25, 0.3) is 0 Å². The van der Waals surface area contributed by atoms with Gasteiger partial charge in [0, 0.05) is 10.8 Å². The summed E-state index contributed by atoms with van der Waals surface area (Å²) in [7, 11) is 0. The molecule has 4 aliphatic carbocycles. The molecule has 4 bridgehead atoms. The van der Waals surface area contributed by atoms with Gasteiger partial charge >= 0.3 is 0 Å². The summed E-state index contributed by atoms with van der Waals surface area (Å²) >= 11 is 0. The van der Waals surface area contributed by atoms with Crippen LogP contribution in [0.1, 0.15) is 12.8 Å². The first-order valence-electron chi connectivity index (χ1n) is 12.2. The number of anilines is 2. The zero-order valence-corrected chi connectivity index (χ0v) is 18.3. The molecule has 4 amide bonds. The molecule has 8 unspecified atom stereocenters. The van der Waals surface area contributed by atoms with Crippen molar-refractivity contribution in [3.63, 3.8) is 0 Å². The molecule has 2 aromatic rings. The molecule has 0 aromatic heterocycles. The summed E-state index contributed by atoms with van der Waals surface area (Å²) in [6, 6.07) is 10.9. The molecule has 8 rings (SSSR count). The van der Waals surface area contributed by atoms with Crippen molar-refractivity contribution in [1.29, 1.82) is 0 Å². The van der Waals surface area contributed by atoms with Crippen molar-refractivity contribution in [1.82, 2.24) is 0 Å². The van der Waals surface area contributed by atoms with Crippen LogP contribution < -0.4 is 9.80 Å². The fraction of sp³-hybridized carbons (Fsp3) is 0.357. The number of hydrogen-bond acceptors (Lipinski definition) is 4. The fourth-order valence-electron chi connectivity index (χ4n) is 7.95. The van der Waals surface area contributed by atoms with Gasteiger partial charge in [0.05, 0.1) is 35.0 Å². The minimum absolute atomic E-state index is 0.129. The molecule has 34 heavy (non-hydrogen) atoms. The maximum absolute atomic E-state index is 13.4. The fourth-order valence-corrected chi connectivity index (χ4v) is 7.95. The second-order valence-electron chi connectivity index (χ2n) is 10.7. The maximum atomic E-state index is 13.4. The first-order valence-corrected chi connectivity index (χ1v) is 12.2. The number of rotatable bonds is 2. The van der Waals surface area contributed by atoms with Crippen molar-refractivity contribution in [2.24, 2.45) is 47.3 Å². The average molecular weight is 450 g/mol. The zero-order valence-electron chi connectivity index (χ0n) is 18.3. The van der Waals surface area contributed by atoms with E-state index in [2.05, 4.69) is 24.3 Å². The minimum atomic E-state index is -0.273. The number of nitrogens with zero attached hydrogens (tertiary/aromatic N) is 2.